The highest BCUT2D eigenvalue weighted by molar-refractivity contribution is 6.10. The fourth-order valence-corrected chi connectivity index (χ4v) is 5.66. The van der Waals surface area contributed by atoms with Crippen molar-refractivity contribution in [1.82, 2.24) is 15.3 Å². The molecule has 0 bridgehead atoms. The Hall–Kier alpha value is -5.01. The molecular weight excluding hydrogens is 510 g/mol. The molecule has 0 aliphatic carbocycles. The first kappa shape index (κ1) is 25.0. The first-order valence-electron chi connectivity index (χ1n) is 13.9. The number of amides is 1. The summed E-state index contributed by atoms with van der Waals surface area (Å²) >= 11 is 0. The summed E-state index contributed by atoms with van der Waals surface area (Å²) in [6.45, 7) is 2.08. The Labute approximate surface area is 237 Å². The van der Waals surface area contributed by atoms with E-state index in [0.717, 1.165) is 46.4 Å². The maximum atomic E-state index is 13.0. The molecule has 0 radical (unpaired) electrons. The van der Waals surface area contributed by atoms with E-state index in [-0.39, 0.29) is 5.91 Å². The van der Waals surface area contributed by atoms with E-state index >= 15 is 0 Å². The molecule has 4 aromatic carbocycles. The SMILES string of the molecule is O=C(Nc1ccc(N(c2ccncn2)c2cccc3c2oc2ccccc23)cc1)c1ccc(C2CCCNC2)cc1. The molecule has 6 aromatic rings. The number of nitrogens with zero attached hydrogens (tertiary/aromatic N) is 3. The molecule has 7 nitrogen and oxygen atoms in total. The highest BCUT2D eigenvalue weighted by atomic mass is 16.3. The second-order valence-electron chi connectivity index (χ2n) is 10.3. The topological polar surface area (TPSA) is 83.3 Å². The van der Waals surface area contributed by atoms with Crippen LogP contribution < -0.4 is 15.5 Å². The van der Waals surface area contributed by atoms with Crippen molar-refractivity contribution >= 4 is 50.7 Å². The third-order valence-corrected chi connectivity index (χ3v) is 7.74. The van der Waals surface area contributed by atoms with Crippen molar-refractivity contribution in [1.29, 1.82) is 0 Å². The normalized spacial score (nSPS) is 15.2. The van der Waals surface area contributed by atoms with Crippen molar-refractivity contribution in [2.24, 2.45) is 0 Å². The van der Waals surface area contributed by atoms with Crippen LogP contribution in [0.3, 0.4) is 0 Å². The molecule has 2 N–H and O–H groups in total. The van der Waals surface area contributed by atoms with Crippen LogP contribution in [0, 0.1) is 0 Å². The Morgan fingerprint density at radius 1 is 0.902 bits per heavy atom. The number of hydrogen-bond acceptors (Lipinski definition) is 6. The van der Waals surface area contributed by atoms with Crippen LogP contribution >= 0.6 is 0 Å². The lowest BCUT2D eigenvalue weighted by atomic mass is 9.91. The van der Waals surface area contributed by atoms with Gasteiger partial charge in [0, 0.05) is 40.5 Å². The predicted octanol–water partition coefficient (Wildman–Crippen LogP) is 7.57. The lowest BCUT2D eigenvalue weighted by Crippen LogP contribution is -2.28. The average molecular weight is 540 g/mol. The van der Waals surface area contributed by atoms with Crippen LogP contribution in [-0.2, 0) is 0 Å². The quantitative estimate of drug-likeness (QED) is 0.227. The van der Waals surface area contributed by atoms with Gasteiger partial charge in [0.1, 0.15) is 17.7 Å². The molecule has 1 fully saturated rings. The molecule has 41 heavy (non-hydrogen) atoms. The lowest BCUT2D eigenvalue weighted by Gasteiger charge is -2.24. The molecule has 1 unspecified atom stereocenters. The van der Waals surface area contributed by atoms with Gasteiger partial charge in [0.2, 0.25) is 0 Å². The van der Waals surface area contributed by atoms with Crippen molar-refractivity contribution in [2.75, 3.05) is 23.3 Å². The fourth-order valence-electron chi connectivity index (χ4n) is 5.66. The first-order chi connectivity index (χ1) is 20.2. The molecule has 3 heterocycles. The van der Waals surface area contributed by atoms with Gasteiger partial charge in [-0.25, -0.2) is 9.97 Å². The van der Waals surface area contributed by atoms with Crippen molar-refractivity contribution in [3.8, 4) is 0 Å². The van der Waals surface area contributed by atoms with Gasteiger partial charge in [0.15, 0.2) is 5.58 Å². The van der Waals surface area contributed by atoms with Gasteiger partial charge < -0.3 is 15.1 Å². The van der Waals surface area contributed by atoms with Gasteiger partial charge in [0.05, 0.1) is 5.69 Å². The number of nitrogens with one attached hydrogen (secondary N) is 2. The Morgan fingerprint density at radius 2 is 1.73 bits per heavy atom. The standard InChI is InChI=1S/C34H29N5O2/c40-34(24-12-10-23(11-13-24)25-5-4-19-35-21-25)38-26-14-16-27(17-15-26)39(32-18-20-36-22-37-32)30-8-3-7-29-28-6-1-2-9-31(28)41-33(29)30/h1-3,6-18,20,22,25,35H,4-5,19,21H2,(H,38,40). The van der Waals surface area contributed by atoms with Gasteiger partial charge in [-0.1, -0.05) is 42.5 Å². The summed E-state index contributed by atoms with van der Waals surface area (Å²) in [5.74, 6) is 1.08. The zero-order valence-electron chi connectivity index (χ0n) is 22.5. The fraction of sp³-hybridized carbons (Fsp3) is 0.147. The summed E-state index contributed by atoms with van der Waals surface area (Å²) in [4.78, 5) is 23.7. The summed E-state index contributed by atoms with van der Waals surface area (Å²) in [5.41, 5.74) is 5.98. The number of para-hydroxylation sites is 2. The van der Waals surface area contributed by atoms with E-state index in [9.17, 15) is 4.79 Å². The van der Waals surface area contributed by atoms with Crippen molar-refractivity contribution in [3.63, 3.8) is 0 Å². The van der Waals surface area contributed by atoms with Crippen LogP contribution in [0.5, 0.6) is 0 Å². The zero-order chi connectivity index (χ0) is 27.6. The molecule has 0 saturated carbocycles. The van der Waals surface area contributed by atoms with Gasteiger partial charge in [0.25, 0.3) is 5.91 Å². The number of aromatic nitrogens is 2. The molecule has 1 aliphatic heterocycles. The number of carbonyl (C=O) groups excluding carboxylic acids is 1. The second-order valence-corrected chi connectivity index (χ2v) is 10.3. The van der Waals surface area contributed by atoms with Gasteiger partial charge >= 0.3 is 0 Å². The number of piperidine rings is 1. The molecule has 7 heteroatoms. The Bertz CT molecular complexity index is 1810. The number of benzene rings is 4. The van der Waals surface area contributed by atoms with Crippen molar-refractivity contribution in [2.45, 2.75) is 18.8 Å². The number of rotatable bonds is 6. The molecule has 0 spiro atoms. The number of furan rings is 1. The lowest BCUT2D eigenvalue weighted by molar-refractivity contribution is 0.102. The van der Waals surface area contributed by atoms with Crippen molar-refractivity contribution in [3.05, 3.63) is 121 Å². The zero-order valence-corrected chi connectivity index (χ0v) is 22.5. The molecule has 1 aliphatic rings. The molecule has 7 rings (SSSR count). The van der Waals surface area contributed by atoms with Gasteiger partial charge in [-0.3, -0.25) is 9.69 Å². The minimum Gasteiger partial charge on any atom is -0.454 e. The maximum absolute atomic E-state index is 13.0. The summed E-state index contributed by atoms with van der Waals surface area (Å²) in [6.07, 6.45) is 5.62. The Kier molecular flexibility index (Phi) is 6.62. The smallest absolute Gasteiger partial charge is 0.255 e. The van der Waals surface area contributed by atoms with E-state index in [0.29, 0.717) is 23.0 Å². The van der Waals surface area contributed by atoms with Gasteiger partial charge in [-0.2, -0.15) is 0 Å². The van der Waals surface area contributed by atoms with E-state index in [2.05, 4.69) is 44.9 Å². The summed E-state index contributed by atoms with van der Waals surface area (Å²) < 4.78 is 6.33. The molecule has 1 amide bonds. The second kappa shape index (κ2) is 10.9. The summed E-state index contributed by atoms with van der Waals surface area (Å²) in [6, 6.07) is 31.8. The Balaban J connectivity index is 1.17. The largest absolute Gasteiger partial charge is 0.454 e. The van der Waals surface area contributed by atoms with E-state index in [1.807, 2.05) is 77.7 Å². The van der Waals surface area contributed by atoms with Crippen LogP contribution in [0.2, 0.25) is 0 Å². The predicted molar refractivity (Wildman–Crippen MR) is 163 cm³/mol. The molecule has 202 valence electrons. The highest BCUT2D eigenvalue weighted by Gasteiger charge is 2.20. The van der Waals surface area contributed by atoms with E-state index in [4.69, 9.17) is 4.42 Å². The molecule has 1 atom stereocenters. The maximum Gasteiger partial charge on any atom is 0.255 e. The molecule has 1 saturated heterocycles. The first-order valence-corrected chi connectivity index (χ1v) is 13.9. The monoisotopic (exact) mass is 539 g/mol. The van der Waals surface area contributed by atoms with Crippen LogP contribution in [0.25, 0.3) is 21.9 Å². The third kappa shape index (κ3) is 4.92. The van der Waals surface area contributed by atoms with Gasteiger partial charge in [-0.15, -0.1) is 0 Å². The number of fused-ring (bicyclic) bond motifs is 3. The van der Waals surface area contributed by atoms with E-state index in [1.165, 1.54) is 24.7 Å². The molecular formula is C34H29N5O2. The number of hydrogen-bond donors (Lipinski definition) is 2. The van der Waals surface area contributed by atoms with Crippen LogP contribution in [-0.4, -0.2) is 29.0 Å². The third-order valence-electron chi connectivity index (χ3n) is 7.74. The highest BCUT2D eigenvalue weighted by Crippen LogP contribution is 2.41. The van der Waals surface area contributed by atoms with Crippen LogP contribution in [0.15, 0.2) is 114 Å². The van der Waals surface area contributed by atoms with Crippen molar-refractivity contribution < 1.29 is 9.21 Å². The summed E-state index contributed by atoms with van der Waals surface area (Å²) in [7, 11) is 0. The summed E-state index contributed by atoms with van der Waals surface area (Å²) in [5, 5.41) is 8.59. The number of carbonyl (C=O) groups is 1. The van der Waals surface area contributed by atoms with E-state index < -0.39 is 0 Å². The minimum atomic E-state index is -0.134. The average Bonchev–Trinajstić information content (AvgIpc) is 3.43. The molecule has 2 aromatic heterocycles. The van der Waals surface area contributed by atoms with Crippen LogP contribution in [0.1, 0.15) is 34.7 Å². The number of anilines is 4. The van der Waals surface area contributed by atoms with Gasteiger partial charge in [-0.05, 0) is 85.5 Å². The van der Waals surface area contributed by atoms with Crippen LogP contribution in [0.4, 0.5) is 22.9 Å². The minimum absolute atomic E-state index is 0.134. The van der Waals surface area contributed by atoms with E-state index in [1.54, 1.807) is 6.20 Å². The Morgan fingerprint density at radius 3 is 2.51 bits per heavy atom.